The van der Waals surface area contributed by atoms with E-state index in [0.717, 1.165) is 13.1 Å². The van der Waals surface area contributed by atoms with E-state index >= 15 is 0 Å². The average molecular weight is 342 g/mol. The van der Waals surface area contributed by atoms with Crippen molar-refractivity contribution in [2.45, 2.75) is 19.3 Å². The molecule has 0 aliphatic carbocycles. The van der Waals surface area contributed by atoms with Crippen molar-refractivity contribution in [3.63, 3.8) is 0 Å². The number of hydrogen-bond acceptors (Lipinski definition) is 6. The quantitative estimate of drug-likeness (QED) is 0.900. The molecule has 0 saturated carbocycles. The van der Waals surface area contributed by atoms with Crippen LogP contribution in [0.25, 0.3) is 0 Å². The number of ether oxygens (including phenoxy) is 2. The molecule has 0 atom stereocenters. The number of nitrogens with one attached hydrogen (secondary N) is 1. The minimum atomic E-state index is -0.254. The third kappa shape index (κ3) is 3.99. The third-order valence-electron chi connectivity index (χ3n) is 4.18. The number of carbonyl (C=O) groups excluding carboxylic acids is 1. The van der Waals surface area contributed by atoms with Crippen LogP contribution in [0.15, 0.2) is 30.6 Å². The molecule has 0 spiro atoms. The van der Waals surface area contributed by atoms with Crippen LogP contribution in [0.4, 0.5) is 11.6 Å². The van der Waals surface area contributed by atoms with Gasteiger partial charge in [-0.15, -0.1) is 0 Å². The van der Waals surface area contributed by atoms with Crippen molar-refractivity contribution in [2.75, 3.05) is 37.5 Å². The number of rotatable bonds is 5. The van der Waals surface area contributed by atoms with Gasteiger partial charge in [-0.1, -0.05) is 0 Å². The molecule has 0 unspecified atom stereocenters. The van der Waals surface area contributed by atoms with Gasteiger partial charge in [-0.05, 0) is 37.5 Å². The van der Waals surface area contributed by atoms with Crippen molar-refractivity contribution >= 4 is 17.5 Å². The fourth-order valence-corrected chi connectivity index (χ4v) is 2.82. The highest BCUT2D eigenvalue weighted by Gasteiger charge is 2.14. The van der Waals surface area contributed by atoms with Gasteiger partial charge in [0.2, 0.25) is 5.95 Å². The molecule has 3 rings (SSSR count). The van der Waals surface area contributed by atoms with Gasteiger partial charge in [0, 0.05) is 18.7 Å². The molecule has 1 N–H and O–H groups in total. The van der Waals surface area contributed by atoms with Crippen molar-refractivity contribution in [1.82, 2.24) is 9.97 Å². The van der Waals surface area contributed by atoms with Gasteiger partial charge in [-0.2, -0.15) is 0 Å². The van der Waals surface area contributed by atoms with Gasteiger partial charge < -0.3 is 19.7 Å². The monoisotopic (exact) mass is 342 g/mol. The van der Waals surface area contributed by atoms with Crippen LogP contribution >= 0.6 is 0 Å². The van der Waals surface area contributed by atoms with Crippen LogP contribution in [-0.2, 0) is 0 Å². The second kappa shape index (κ2) is 7.83. The molecule has 1 aliphatic rings. The molecular weight excluding hydrogens is 320 g/mol. The number of carbonyl (C=O) groups is 1. The summed E-state index contributed by atoms with van der Waals surface area (Å²) in [4.78, 5) is 23.3. The van der Waals surface area contributed by atoms with E-state index in [9.17, 15) is 4.79 Å². The Labute approximate surface area is 147 Å². The highest BCUT2D eigenvalue weighted by Crippen LogP contribution is 2.27. The number of amides is 1. The lowest BCUT2D eigenvalue weighted by Gasteiger charge is -2.26. The first-order valence-corrected chi connectivity index (χ1v) is 8.31. The van der Waals surface area contributed by atoms with E-state index in [2.05, 4.69) is 20.2 Å². The van der Waals surface area contributed by atoms with Crippen molar-refractivity contribution < 1.29 is 14.3 Å². The van der Waals surface area contributed by atoms with Gasteiger partial charge >= 0.3 is 0 Å². The van der Waals surface area contributed by atoms with Gasteiger partial charge in [0.1, 0.15) is 0 Å². The number of aromatic nitrogens is 2. The molecule has 1 saturated heterocycles. The Bertz CT molecular complexity index is 728. The molecule has 1 fully saturated rings. The van der Waals surface area contributed by atoms with Crippen LogP contribution in [0.3, 0.4) is 0 Å². The summed E-state index contributed by atoms with van der Waals surface area (Å²) in [7, 11) is 3.09. The van der Waals surface area contributed by atoms with Crippen molar-refractivity contribution in [1.29, 1.82) is 0 Å². The Balaban J connectivity index is 1.68. The molecule has 0 bridgehead atoms. The lowest BCUT2D eigenvalue weighted by Crippen LogP contribution is -2.30. The fourth-order valence-electron chi connectivity index (χ4n) is 2.82. The minimum absolute atomic E-state index is 0.254. The molecule has 0 radical (unpaired) electrons. The molecule has 1 aromatic heterocycles. The summed E-state index contributed by atoms with van der Waals surface area (Å²) >= 11 is 0. The van der Waals surface area contributed by atoms with E-state index in [1.165, 1.54) is 26.4 Å². The summed E-state index contributed by atoms with van der Waals surface area (Å²) in [5, 5.41) is 2.80. The Kier molecular flexibility index (Phi) is 5.33. The summed E-state index contributed by atoms with van der Waals surface area (Å²) in [5.41, 5.74) is 1.03. The van der Waals surface area contributed by atoms with Crippen LogP contribution in [-0.4, -0.2) is 43.2 Å². The molecule has 2 heterocycles. The molecule has 7 heteroatoms. The Morgan fingerprint density at radius 2 is 1.72 bits per heavy atom. The molecule has 1 aromatic carbocycles. The predicted octanol–water partition coefficient (Wildman–Crippen LogP) is 2.74. The van der Waals surface area contributed by atoms with Crippen LogP contribution in [0, 0.1) is 0 Å². The number of anilines is 2. The second-order valence-electron chi connectivity index (χ2n) is 5.84. The predicted molar refractivity (Wildman–Crippen MR) is 95.6 cm³/mol. The summed E-state index contributed by atoms with van der Waals surface area (Å²) < 4.78 is 10.4. The number of methoxy groups -OCH3 is 2. The maximum absolute atomic E-state index is 12.4. The summed E-state index contributed by atoms with van der Waals surface area (Å²) in [6.45, 7) is 1.97. The normalized spacial score (nSPS) is 14.1. The van der Waals surface area contributed by atoms with Crippen molar-refractivity contribution in [3.05, 3.63) is 36.2 Å². The van der Waals surface area contributed by atoms with E-state index in [-0.39, 0.29) is 5.91 Å². The molecule has 25 heavy (non-hydrogen) atoms. The smallest absolute Gasteiger partial charge is 0.255 e. The first kappa shape index (κ1) is 17.0. The molecule has 1 aliphatic heterocycles. The minimum Gasteiger partial charge on any atom is -0.493 e. The zero-order valence-electron chi connectivity index (χ0n) is 14.5. The topological polar surface area (TPSA) is 76.6 Å². The van der Waals surface area contributed by atoms with E-state index in [0.29, 0.717) is 28.7 Å². The SMILES string of the molecule is COc1ccc(C(=O)Nc2cnc(N3CCCCC3)nc2)cc1OC. The standard InChI is InChI=1S/C18H22N4O3/c1-24-15-7-6-13(10-16(15)25-2)17(23)21-14-11-19-18(20-12-14)22-8-4-3-5-9-22/h6-7,10-12H,3-5,8-9H2,1-2H3,(H,21,23). The first-order valence-electron chi connectivity index (χ1n) is 8.31. The third-order valence-corrected chi connectivity index (χ3v) is 4.18. The Hall–Kier alpha value is -2.83. The van der Waals surface area contributed by atoms with E-state index in [4.69, 9.17) is 9.47 Å². The van der Waals surface area contributed by atoms with Crippen LogP contribution in [0.1, 0.15) is 29.6 Å². The van der Waals surface area contributed by atoms with Gasteiger partial charge in [-0.3, -0.25) is 4.79 Å². The van der Waals surface area contributed by atoms with Crippen molar-refractivity contribution in [3.8, 4) is 11.5 Å². The highest BCUT2D eigenvalue weighted by molar-refractivity contribution is 6.04. The molecular formula is C18H22N4O3. The Morgan fingerprint density at radius 3 is 2.36 bits per heavy atom. The van der Waals surface area contributed by atoms with E-state index < -0.39 is 0 Å². The number of nitrogens with zero attached hydrogens (tertiary/aromatic N) is 3. The summed E-state index contributed by atoms with van der Waals surface area (Å²) in [6.07, 6.45) is 6.86. The number of piperidine rings is 1. The van der Waals surface area contributed by atoms with Gasteiger partial charge in [0.25, 0.3) is 5.91 Å². The van der Waals surface area contributed by atoms with Crippen LogP contribution in [0.2, 0.25) is 0 Å². The lowest BCUT2D eigenvalue weighted by molar-refractivity contribution is 0.102. The number of benzene rings is 1. The van der Waals surface area contributed by atoms with E-state index in [1.54, 1.807) is 37.7 Å². The molecule has 7 nitrogen and oxygen atoms in total. The maximum Gasteiger partial charge on any atom is 0.255 e. The van der Waals surface area contributed by atoms with Gasteiger partial charge in [-0.25, -0.2) is 9.97 Å². The molecule has 2 aromatic rings. The Morgan fingerprint density at radius 1 is 1.04 bits per heavy atom. The summed E-state index contributed by atoms with van der Waals surface area (Å²) in [6, 6.07) is 5.01. The highest BCUT2D eigenvalue weighted by atomic mass is 16.5. The zero-order valence-corrected chi connectivity index (χ0v) is 14.5. The maximum atomic E-state index is 12.4. The van der Waals surface area contributed by atoms with Crippen LogP contribution < -0.4 is 19.7 Å². The zero-order chi connectivity index (χ0) is 17.6. The van der Waals surface area contributed by atoms with Crippen LogP contribution in [0.5, 0.6) is 11.5 Å². The molecule has 132 valence electrons. The first-order chi connectivity index (χ1) is 12.2. The number of hydrogen-bond donors (Lipinski definition) is 1. The summed E-state index contributed by atoms with van der Waals surface area (Å²) in [5.74, 6) is 1.54. The fraction of sp³-hybridized carbons (Fsp3) is 0.389. The van der Waals surface area contributed by atoms with Gasteiger partial charge in [0.15, 0.2) is 11.5 Å². The molecule has 1 amide bonds. The average Bonchev–Trinajstić information content (AvgIpc) is 2.68. The van der Waals surface area contributed by atoms with E-state index in [1.807, 2.05) is 0 Å². The van der Waals surface area contributed by atoms with Crippen molar-refractivity contribution in [2.24, 2.45) is 0 Å². The van der Waals surface area contributed by atoms with Gasteiger partial charge in [0.05, 0.1) is 32.3 Å². The lowest BCUT2D eigenvalue weighted by atomic mass is 10.1. The largest absolute Gasteiger partial charge is 0.493 e. The second-order valence-corrected chi connectivity index (χ2v) is 5.84.